The van der Waals surface area contributed by atoms with Gasteiger partial charge in [-0.05, 0) is 28.5 Å². The number of alkyl halides is 3. The first kappa shape index (κ1) is 32.2. The van der Waals surface area contributed by atoms with E-state index in [0.29, 0.717) is 18.0 Å². The summed E-state index contributed by atoms with van der Waals surface area (Å²) in [5.74, 6) is -2.20. The smallest absolute Gasteiger partial charge is 0.490 e. The molecule has 218 valence electrons. The zero-order chi connectivity index (χ0) is 30.6. The number of imidazole rings is 1. The van der Waals surface area contributed by atoms with Crippen LogP contribution in [0.15, 0.2) is 48.7 Å². The number of carboxylic acid groups (broad SMARTS) is 1. The van der Waals surface area contributed by atoms with E-state index >= 15 is 0 Å². The number of hydrogen-bond donors (Lipinski definition) is 3. The molecule has 40 heavy (non-hydrogen) atoms. The van der Waals surface area contributed by atoms with Gasteiger partial charge < -0.3 is 19.5 Å². The average molecular weight is 564 g/mol. The van der Waals surface area contributed by atoms with Gasteiger partial charge in [-0.25, -0.2) is 4.79 Å². The number of ether oxygens (including phenoxy) is 1. The van der Waals surface area contributed by atoms with Crippen molar-refractivity contribution >= 4 is 11.8 Å². The summed E-state index contributed by atoms with van der Waals surface area (Å²) in [6.07, 6.45) is -3.33. The van der Waals surface area contributed by atoms with Crippen molar-refractivity contribution in [2.45, 2.75) is 71.6 Å². The number of phenols is 1. The van der Waals surface area contributed by atoms with Crippen LogP contribution in [-0.2, 0) is 28.7 Å². The number of aromatic hydroxyl groups is 1. The second kappa shape index (κ2) is 12.0. The molecule has 8 nitrogen and oxygen atoms in total. The lowest BCUT2D eigenvalue weighted by atomic mass is 9.78. The van der Waals surface area contributed by atoms with Crippen LogP contribution in [0.4, 0.5) is 13.2 Å². The lowest BCUT2D eigenvalue weighted by molar-refractivity contribution is -0.192. The molecule has 0 radical (unpaired) electrons. The highest BCUT2D eigenvalue weighted by atomic mass is 19.4. The van der Waals surface area contributed by atoms with Crippen LogP contribution in [-0.4, -0.2) is 44.4 Å². The quantitative estimate of drug-likeness (QED) is 0.336. The molecule has 0 fully saturated rings. The fraction of sp³-hybridized carbons (Fsp3) is 0.414. The molecule has 0 amide bonds. The molecule has 0 aliphatic heterocycles. The van der Waals surface area contributed by atoms with Gasteiger partial charge in [0.25, 0.3) is 0 Å². The number of halogens is 3. The first-order chi connectivity index (χ1) is 18.3. The molecule has 1 heterocycles. The van der Waals surface area contributed by atoms with Gasteiger partial charge in [0, 0.05) is 16.7 Å². The summed E-state index contributed by atoms with van der Waals surface area (Å²) < 4.78 is 40.6. The fourth-order valence-electron chi connectivity index (χ4n) is 3.91. The minimum Gasteiger partial charge on any atom is -0.507 e. The fourth-order valence-corrected chi connectivity index (χ4v) is 3.91. The van der Waals surface area contributed by atoms with Crippen molar-refractivity contribution in [1.29, 1.82) is 5.41 Å². The Bertz CT molecular complexity index is 1370. The zero-order valence-corrected chi connectivity index (χ0v) is 23.7. The van der Waals surface area contributed by atoms with E-state index in [-0.39, 0.29) is 34.5 Å². The van der Waals surface area contributed by atoms with Crippen molar-refractivity contribution < 1.29 is 37.7 Å². The molecule has 3 aromatic rings. The van der Waals surface area contributed by atoms with E-state index in [1.807, 2.05) is 71.9 Å². The number of nitrogens with zero attached hydrogens (tertiary/aromatic N) is 2. The van der Waals surface area contributed by atoms with E-state index in [1.165, 1.54) is 0 Å². The number of benzene rings is 2. The lowest BCUT2D eigenvalue weighted by Gasteiger charge is -2.28. The Morgan fingerprint density at radius 3 is 1.82 bits per heavy atom. The summed E-state index contributed by atoms with van der Waals surface area (Å²) >= 11 is 0. The van der Waals surface area contributed by atoms with E-state index in [2.05, 4.69) is 0 Å². The van der Waals surface area contributed by atoms with Gasteiger partial charge in [0.05, 0.1) is 26.4 Å². The molecule has 0 unspecified atom stereocenters. The first-order valence-electron chi connectivity index (χ1n) is 12.4. The summed E-state index contributed by atoms with van der Waals surface area (Å²) in [7, 11) is 1.54. The van der Waals surface area contributed by atoms with Gasteiger partial charge >= 0.3 is 12.1 Å². The molecule has 1 aromatic heterocycles. The monoisotopic (exact) mass is 563 g/mol. The third-order valence-electron chi connectivity index (χ3n) is 6.06. The molecule has 11 heteroatoms. The molecule has 0 spiro atoms. The second-order valence-electron chi connectivity index (χ2n) is 11.3. The van der Waals surface area contributed by atoms with Crippen molar-refractivity contribution in [1.82, 2.24) is 9.13 Å². The third kappa shape index (κ3) is 8.00. The molecule has 0 aliphatic rings. The van der Waals surface area contributed by atoms with E-state index < -0.39 is 12.1 Å². The minimum atomic E-state index is -5.08. The van der Waals surface area contributed by atoms with Crippen LogP contribution in [0.25, 0.3) is 0 Å². The Kier molecular flexibility index (Phi) is 9.67. The second-order valence-corrected chi connectivity index (χ2v) is 11.3. The number of carboxylic acids is 1. The highest BCUT2D eigenvalue weighted by molar-refractivity contribution is 5.96. The molecule has 0 saturated heterocycles. The number of carbonyl (C=O) groups excluding carboxylic acids is 1. The zero-order valence-electron chi connectivity index (χ0n) is 23.7. The maximum atomic E-state index is 13.4. The maximum absolute atomic E-state index is 13.4. The van der Waals surface area contributed by atoms with Gasteiger partial charge in [-0.1, -0.05) is 71.9 Å². The molecule has 3 rings (SSSR count). The number of phenolic OH excluding ortho intramolecular Hbond substituents is 1. The van der Waals surface area contributed by atoms with Crippen molar-refractivity contribution in [3.05, 3.63) is 76.5 Å². The molecule has 2 aromatic carbocycles. The summed E-state index contributed by atoms with van der Waals surface area (Å²) in [4.78, 5) is 22.3. The first-order valence-corrected chi connectivity index (χ1v) is 12.4. The van der Waals surface area contributed by atoms with Crippen molar-refractivity contribution in [2.24, 2.45) is 0 Å². The molecule has 0 atom stereocenters. The van der Waals surface area contributed by atoms with Crippen molar-refractivity contribution in [2.75, 3.05) is 7.11 Å². The van der Waals surface area contributed by atoms with Gasteiger partial charge in [-0.15, -0.1) is 0 Å². The third-order valence-corrected chi connectivity index (χ3v) is 6.06. The molecule has 0 saturated carbocycles. The normalized spacial score (nSPS) is 11.9. The number of carbonyl (C=O) groups is 2. The number of Topliss-reactive ketones (excluding diaryl/α,β-unsaturated/α-hetero) is 1. The van der Waals surface area contributed by atoms with Crippen LogP contribution in [0.3, 0.4) is 0 Å². The Labute approximate surface area is 231 Å². The van der Waals surface area contributed by atoms with Crippen molar-refractivity contribution in [3.8, 4) is 11.6 Å². The summed E-state index contributed by atoms with van der Waals surface area (Å²) in [6.45, 7) is 12.6. The number of rotatable bonds is 6. The predicted octanol–water partition coefficient (Wildman–Crippen LogP) is 5.64. The van der Waals surface area contributed by atoms with E-state index in [4.69, 9.17) is 20.0 Å². The highest BCUT2D eigenvalue weighted by Gasteiger charge is 2.38. The van der Waals surface area contributed by atoms with Crippen LogP contribution in [0.2, 0.25) is 0 Å². The van der Waals surface area contributed by atoms with E-state index in [0.717, 1.165) is 16.7 Å². The van der Waals surface area contributed by atoms with Crippen LogP contribution < -0.4 is 10.4 Å². The van der Waals surface area contributed by atoms with Crippen LogP contribution in [0.1, 0.15) is 68.6 Å². The largest absolute Gasteiger partial charge is 0.507 e. The standard InChI is InChI=1S/C27H35N3O3.C2HF3O2/c1-26(2,3)20-13-19(14-21(24(20)32)27(4,5)6)22(31)16-30-23(33-7)17-29(25(30)28)15-18-11-9-8-10-12-18;3-2(4,5)1(6)7/h8-14,17,28,32H,15-16H2,1-7H3;(H,6,7). The minimum absolute atomic E-state index is 0.0261. The summed E-state index contributed by atoms with van der Waals surface area (Å²) in [6, 6.07) is 13.4. The summed E-state index contributed by atoms with van der Waals surface area (Å²) in [5.41, 5.74) is 2.59. The number of methoxy groups -OCH3 is 1. The van der Waals surface area contributed by atoms with Gasteiger partial charge in [-0.3, -0.25) is 14.8 Å². The number of hydrogen-bond acceptors (Lipinski definition) is 5. The van der Waals surface area contributed by atoms with E-state index in [9.17, 15) is 23.1 Å². The van der Waals surface area contributed by atoms with Crippen LogP contribution in [0, 0.1) is 5.41 Å². The molecule has 3 N–H and O–H groups in total. The Balaban J connectivity index is 0.000000708. The van der Waals surface area contributed by atoms with Gasteiger partial charge in [0.2, 0.25) is 11.5 Å². The topological polar surface area (TPSA) is 118 Å². The van der Waals surface area contributed by atoms with Crippen LogP contribution in [0.5, 0.6) is 11.6 Å². The maximum Gasteiger partial charge on any atom is 0.490 e. The SMILES string of the molecule is COc1cn(Cc2ccccc2)c(=N)n1CC(=O)c1cc(C(C)(C)C)c(O)c(C(C)(C)C)c1.O=C(O)C(F)(F)F. The predicted molar refractivity (Wildman–Crippen MR) is 144 cm³/mol. The summed E-state index contributed by atoms with van der Waals surface area (Å²) in [5, 5.41) is 26.7. The van der Waals surface area contributed by atoms with Crippen LogP contribution >= 0.6 is 0 Å². The number of nitrogens with one attached hydrogen (secondary N) is 1. The Hall–Kier alpha value is -4.02. The van der Waals surface area contributed by atoms with Crippen molar-refractivity contribution in [3.63, 3.8) is 0 Å². The highest BCUT2D eigenvalue weighted by Crippen LogP contribution is 2.40. The van der Waals surface area contributed by atoms with E-state index in [1.54, 1.807) is 34.6 Å². The average Bonchev–Trinajstić information content (AvgIpc) is 3.12. The van der Waals surface area contributed by atoms with Gasteiger partial charge in [-0.2, -0.15) is 13.2 Å². The Morgan fingerprint density at radius 1 is 0.950 bits per heavy atom. The number of aliphatic carboxylic acids is 1. The molecule has 0 bridgehead atoms. The van der Waals surface area contributed by atoms with Gasteiger partial charge in [0.1, 0.15) is 5.75 Å². The number of aromatic nitrogens is 2. The lowest BCUT2D eigenvalue weighted by Crippen LogP contribution is -2.28. The molecular formula is C29H36F3N3O5. The Morgan fingerprint density at radius 2 is 1.43 bits per heavy atom. The molecular weight excluding hydrogens is 527 g/mol. The van der Waals surface area contributed by atoms with Gasteiger partial charge in [0.15, 0.2) is 5.78 Å². The molecule has 0 aliphatic carbocycles. The number of ketones is 1.